The van der Waals surface area contributed by atoms with Crippen LogP contribution in [0.1, 0.15) is 25.3 Å². The van der Waals surface area contributed by atoms with Crippen LogP contribution in [-0.4, -0.2) is 29.2 Å². The summed E-state index contributed by atoms with van der Waals surface area (Å²) in [6.45, 7) is 5.67. The Morgan fingerprint density at radius 3 is 1.95 bits per heavy atom. The van der Waals surface area contributed by atoms with Crippen molar-refractivity contribution in [2.45, 2.75) is 25.6 Å². The second-order valence-corrected chi connectivity index (χ2v) is 4.22. The quantitative estimate of drug-likeness (QED) is 0.650. The fraction of sp³-hybridized carbons (Fsp3) is 0.375. The van der Waals surface area contributed by atoms with Crippen LogP contribution < -0.4 is 0 Å². The molecule has 1 aromatic rings. The molecule has 0 saturated carbocycles. The van der Waals surface area contributed by atoms with E-state index in [0.717, 1.165) is 18.8 Å². The van der Waals surface area contributed by atoms with Crippen LogP contribution in [-0.2, 0) is 4.74 Å². The number of benzene rings is 1. The van der Waals surface area contributed by atoms with Crippen LogP contribution in [0.2, 0.25) is 0 Å². The molecule has 1 aliphatic rings. The van der Waals surface area contributed by atoms with Gasteiger partial charge in [-0.25, -0.2) is 0 Å². The maximum atomic E-state index is 9.22. The molecule has 0 fully saturated rings. The summed E-state index contributed by atoms with van der Waals surface area (Å²) in [5.41, 5.74) is 1.15. The van der Waals surface area contributed by atoms with E-state index >= 15 is 0 Å². The molecule has 19 heavy (non-hydrogen) atoms. The molecule has 0 bridgehead atoms. The molecular formula is C16H22O3. The van der Waals surface area contributed by atoms with Crippen LogP contribution in [0.3, 0.4) is 0 Å². The Morgan fingerprint density at radius 1 is 1.00 bits per heavy atom. The molecule has 0 amide bonds. The molecule has 0 aromatic heterocycles. The van der Waals surface area contributed by atoms with Gasteiger partial charge >= 0.3 is 0 Å². The van der Waals surface area contributed by atoms with Gasteiger partial charge in [-0.15, -0.1) is 0 Å². The summed E-state index contributed by atoms with van der Waals surface area (Å²) in [6, 6.07) is 9.93. The molecule has 0 radical (unpaired) electrons. The van der Waals surface area contributed by atoms with Gasteiger partial charge in [0.15, 0.2) is 0 Å². The van der Waals surface area contributed by atoms with Crippen LogP contribution in [0, 0.1) is 0 Å². The lowest BCUT2D eigenvalue weighted by Crippen LogP contribution is -2.23. The third kappa shape index (κ3) is 5.83. The lowest BCUT2D eigenvalue weighted by molar-refractivity contribution is -0.0754. The fourth-order valence-electron chi connectivity index (χ4n) is 1.71. The number of rotatable bonds is 3. The van der Waals surface area contributed by atoms with Gasteiger partial charge in [0.25, 0.3) is 0 Å². The molecule has 3 heteroatoms. The number of hydrogen-bond donors (Lipinski definition) is 2. The number of aliphatic hydroxyl groups is 2. The van der Waals surface area contributed by atoms with Crippen molar-refractivity contribution in [1.29, 1.82) is 0 Å². The first-order chi connectivity index (χ1) is 9.09. The summed E-state index contributed by atoms with van der Waals surface area (Å²) < 4.78 is 4.83. The summed E-state index contributed by atoms with van der Waals surface area (Å²) in [5.74, 6) is -1.63. The molecule has 0 unspecified atom stereocenters. The van der Waals surface area contributed by atoms with Crippen molar-refractivity contribution in [2.24, 2.45) is 0 Å². The highest BCUT2D eigenvalue weighted by atomic mass is 16.5. The topological polar surface area (TPSA) is 49.7 Å². The Kier molecular flexibility index (Phi) is 6.50. The molecule has 104 valence electrons. The van der Waals surface area contributed by atoms with E-state index in [0.29, 0.717) is 0 Å². The van der Waals surface area contributed by atoms with Crippen LogP contribution >= 0.6 is 0 Å². The van der Waals surface area contributed by atoms with E-state index < -0.39 is 5.79 Å². The molecule has 0 saturated heterocycles. The average Bonchev–Trinajstić information content (AvgIpc) is 2.41. The first-order valence-electron chi connectivity index (χ1n) is 6.55. The Bertz CT molecular complexity index is 389. The normalized spacial score (nSPS) is 16.8. The van der Waals surface area contributed by atoms with E-state index in [2.05, 4.69) is 0 Å². The number of hydrogen-bond acceptors (Lipinski definition) is 3. The van der Waals surface area contributed by atoms with Crippen LogP contribution in [0.4, 0.5) is 0 Å². The highest BCUT2D eigenvalue weighted by molar-refractivity contribution is 5.33. The van der Waals surface area contributed by atoms with E-state index in [-0.39, 0.29) is 5.92 Å². The van der Waals surface area contributed by atoms with Crippen LogP contribution in [0.15, 0.2) is 54.6 Å². The van der Waals surface area contributed by atoms with Gasteiger partial charge in [0.05, 0.1) is 0 Å². The summed E-state index contributed by atoms with van der Waals surface area (Å²) in [5, 5.41) is 18.4. The molecule has 0 heterocycles. The first kappa shape index (κ1) is 15.6. The predicted molar refractivity (Wildman–Crippen MR) is 76.8 cm³/mol. The molecule has 0 spiro atoms. The monoisotopic (exact) mass is 262 g/mol. The Labute approximate surface area is 114 Å². The third-order valence-corrected chi connectivity index (χ3v) is 2.69. The molecule has 1 aromatic carbocycles. The van der Waals surface area contributed by atoms with Gasteiger partial charge in [-0.3, -0.25) is 0 Å². The van der Waals surface area contributed by atoms with Gasteiger partial charge in [-0.2, -0.15) is 0 Å². The summed E-state index contributed by atoms with van der Waals surface area (Å²) in [7, 11) is 0. The zero-order valence-electron chi connectivity index (χ0n) is 11.5. The third-order valence-electron chi connectivity index (χ3n) is 2.69. The minimum absolute atomic E-state index is 0.142. The van der Waals surface area contributed by atoms with Crippen molar-refractivity contribution >= 4 is 0 Å². The zero-order chi connectivity index (χ0) is 14.1. The lowest BCUT2D eigenvalue weighted by atomic mass is 9.93. The highest BCUT2D eigenvalue weighted by Crippen LogP contribution is 2.24. The van der Waals surface area contributed by atoms with Crippen molar-refractivity contribution < 1.29 is 14.9 Å². The van der Waals surface area contributed by atoms with Gasteiger partial charge in [0, 0.05) is 19.1 Å². The summed E-state index contributed by atoms with van der Waals surface area (Å²) in [4.78, 5) is 0. The molecule has 0 atom stereocenters. The summed E-state index contributed by atoms with van der Waals surface area (Å²) in [6.07, 6.45) is 6.36. The number of ether oxygens (including phenoxy) is 1. The highest BCUT2D eigenvalue weighted by Gasteiger charge is 2.19. The Hall–Kier alpha value is -1.42. The molecule has 1 aliphatic carbocycles. The Morgan fingerprint density at radius 2 is 1.53 bits per heavy atom. The number of allylic oxidation sites excluding steroid dienone is 2. The largest absolute Gasteiger partial charge is 0.382 e. The van der Waals surface area contributed by atoms with Crippen molar-refractivity contribution in [2.75, 3.05) is 13.2 Å². The standard InChI is InChI=1S/C12H12O2.C4H10O/c13-12(14)8-6-11(7-9-12)10-4-2-1-3-5-10;1-3-5-4-2/h1-9,11,13-14H;3-4H2,1-2H3. The minimum atomic E-state index is -1.77. The van der Waals surface area contributed by atoms with Crippen LogP contribution in [0.25, 0.3) is 0 Å². The van der Waals surface area contributed by atoms with Gasteiger partial charge in [-0.05, 0) is 31.6 Å². The van der Waals surface area contributed by atoms with E-state index in [9.17, 15) is 10.2 Å². The van der Waals surface area contributed by atoms with Gasteiger partial charge in [0.1, 0.15) is 0 Å². The maximum absolute atomic E-state index is 9.22. The SMILES string of the molecule is CCOCC.OC1(O)C=CC(c2ccccc2)C=C1. The second kappa shape index (κ2) is 7.89. The molecule has 2 rings (SSSR count). The predicted octanol–water partition coefficient (Wildman–Crippen LogP) is 2.62. The second-order valence-electron chi connectivity index (χ2n) is 4.22. The molecular weight excluding hydrogens is 240 g/mol. The van der Waals surface area contributed by atoms with Crippen molar-refractivity contribution in [1.82, 2.24) is 0 Å². The van der Waals surface area contributed by atoms with Gasteiger partial charge in [0.2, 0.25) is 5.79 Å². The van der Waals surface area contributed by atoms with Gasteiger partial charge < -0.3 is 14.9 Å². The van der Waals surface area contributed by atoms with Crippen molar-refractivity contribution in [3.05, 3.63) is 60.2 Å². The maximum Gasteiger partial charge on any atom is 0.202 e. The van der Waals surface area contributed by atoms with Crippen LogP contribution in [0.5, 0.6) is 0 Å². The fourth-order valence-corrected chi connectivity index (χ4v) is 1.71. The lowest BCUT2D eigenvalue weighted by Gasteiger charge is -2.19. The summed E-state index contributed by atoms with van der Waals surface area (Å²) >= 11 is 0. The van der Waals surface area contributed by atoms with Crippen molar-refractivity contribution in [3.63, 3.8) is 0 Å². The van der Waals surface area contributed by atoms with E-state index in [1.165, 1.54) is 12.2 Å². The molecule has 0 aliphatic heterocycles. The zero-order valence-corrected chi connectivity index (χ0v) is 11.5. The smallest absolute Gasteiger partial charge is 0.202 e. The average molecular weight is 262 g/mol. The molecule has 2 N–H and O–H groups in total. The minimum Gasteiger partial charge on any atom is -0.382 e. The Balaban J connectivity index is 0.000000312. The van der Waals surface area contributed by atoms with E-state index in [4.69, 9.17) is 4.74 Å². The molecule has 3 nitrogen and oxygen atoms in total. The first-order valence-corrected chi connectivity index (χ1v) is 6.55. The van der Waals surface area contributed by atoms with Gasteiger partial charge in [-0.1, -0.05) is 42.5 Å². The van der Waals surface area contributed by atoms with Crippen molar-refractivity contribution in [3.8, 4) is 0 Å². The van der Waals surface area contributed by atoms with E-state index in [1.807, 2.05) is 44.2 Å². The van der Waals surface area contributed by atoms with E-state index in [1.54, 1.807) is 12.2 Å².